The number of benzene rings is 1. The molecule has 8 nitrogen and oxygen atoms in total. The summed E-state index contributed by atoms with van der Waals surface area (Å²) < 4.78 is 5.86. The minimum Gasteiger partial charge on any atom is -0.480 e. The Balaban J connectivity index is 1.53. The first-order chi connectivity index (χ1) is 13.5. The molecule has 3 aromatic rings. The molecule has 0 spiro atoms. The van der Waals surface area contributed by atoms with Crippen molar-refractivity contribution in [2.24, 2.45) is 0 Å². The largest absolute Gasteiger partial charge is 0.480 e. The normalized spacial score (nSPS) is 11.6. The highest BCUT2D eigenvalue weighted by atomic mass is 32.1. The molecule has 0 radical (unpaired) electrons. The van der Waals surface area contributed by atoms with Crippen LogP contribution in [0.25, 0.3) is 10.2 Å². The van der Waals surface area contributed by atoms with Crippen molar-refractivity contribution in [3.63, 3.8) is 0 Å². The third-order valence-corrected chi connectivity index (χ3v) is 4.87. The predicted molar refractivity (Wildman–Crippen MR) is 103 cm³/mol. The number of pyridine rings is 1. The molecule has 2 amide bonds. The lowest BCUT2D eigenvalue weighted by molar-refractivity contribution is -0.139. The first-order valence-electron chi connectivity index (χ1n) is 8.35. The van der Waals surface area contributed by atoms with Crippen LogP contribution in [0.3, 0.4) is 0 Å². The molecule has 0 saturated heterocycles. The zero-order valence-corrected chi connectivity index (χ0v) is 15.4. The fourth-order valence-corrected chi connectivity index (χ4v) is 3.31. The number of nitrogens with zero attached hydrogens (tertiary/aromatic N) is 1. The van der Waals surface area contributed by atoms with Gasteiger partial charge < -0.3 is 20.5 Å². The number of amides is 2. The molecule has 2 heterocycles. The Morgan fingerprint density at radius 2 is 1.93 bits per heavy atom. The van der Waals surface area contributed by atoms with Gasteiger partial charge in [0.2, 0.25) is 0 Å². The number of aliphatic carboxylic acids is 1. The number of hydrogen-bond acceptors (Lipinski definition) is 6. The predicted octanol–water partition coefficient (Wildman–Crippen LogP) is 2.41. The van der Waals surface area contributed by atoms with Gasteiger partial charge in [-0.25, -0.2) is 9.59 Å². The fraction of sp³-hybridized carbons (Fsp3) is 0.158. The monoisotopic (exact) mass is 399 g/mol. The fourth-order valence-electron chi connectivity index (χ4n) is 2.37. The smallest absolute Gasteiger partial charge is 0.408 e. The van der Waals surface area contributed by atoms with Gasteiger partial charge in [-0.05, 0) is 23.8 Å². The molecule has 1 atom stereocenters. The lowest BCUT2D eigenvalue weighted by Gasteiger charge is -2.15. The Labute approximate surface area is 164 Å². The van der Waals surface area contributed by atoms with Crippen LogP contribution in [-0.4, -0.2) is 40.6 Å². The number of carboxylic acid groups (broad SMARTS) is 1. The number of carbonyl (C=O) groups is 3. The first kappa shape index (κ1) is 19.3. The quantitative estimate of drug-likeness (QED) is 0.562. The van der Waals surface area contributed by atoms with Crippen molar-refractivity contribution >= 4 is 39.5 Å². The van der Waals surface area contributed by atoms with Crippen LogP contribution in [0.15, 0.2) is 54.7 Å². The Morgan fingerprint density at radius 3 is 2.64 bits per heavy atom. The minimum absolute atomic E-state index is 0.0140. The molecule has 3 rings (SSSR count). The van der Waals surface area contributed by atoms with Gasteiger partial charge in [-0.15, -0.1) is 11.3 Å². The van der Waals surface area contributed by atoms with Crippen LogP contribution in [-0.2, 0) is 16.1 Å². The van der Waals surface area contributed by atoms with Crippen LogP contribution < -0.4 is 10.6 Å². The van der Waals surface area contributed by atoms with E-state index in [4.69, 9.17) is 4.74 Å². The Hall–Kier alpha value is -3.46. The number of carboxylic acids is 1. The molecule has 0 aliphatic heterocycles. The van der Waals surface area contributed by atoms with Crippen molar-refractivity contribution in [3.8, 4) is 0 Å². The molecule has 28 heavy (non-hydrogen) atoms. The van der Waals surface area contributed by atoms with Crippen LogP contribution >= 0.6 is 11.3 Å². The van der Waals surface area contributed by atoms with Gasteiger partial charge in [-0.2, -0.15) is 0 Å². The molecule has 144 valence electrons. The third-order valence-electron chi connectivity index (χ3n) is 3.78. The Bertz CT molecular complexity index is 956. The number of ether oxygens (including phenoxy) is 1. The van der Waals surface area contributed by atoms with E-state index in [9.17, 15) is 19.5 Å². The minimum atomic E-state index is -1.32. The van der Waals surface area contributed by atoms with E-state index in [2.05, 4.69) is 15.6 Å². The number of thiophene rings is 1. The van der Waals surface area contributed by atoms with E-state index in [-0.39, 0.29) is 13.2 Å². The van der Waals surface area contributed by atoms with Gasteiger partial charge in [0, 0.05) is 12.7 Å². The van der Waals surface area contributed by atoms with Crippen LogP contribution in [0.5, 0.6) is 0 Å². The summed E-state index contributed by atoms with van der Waals surface area (Å²) in [5, 5.41) is 14.0. The molecule has 0 aliphatic carbocycles. The molecule has 2 aromatic heterocycles. The highest BCUT2D eigenvalue weighted by Gasteiger charge is 2.22. The molecule has 0 bridgehead atoms. The van der Waals surface area contributed by atoms with E-state index in [1.165, 1.54) is 11.3 Å². The van der Waals surface area contributed by atoms with Gasteiger partial charge in [0.25, 0.3) is 5.91 Å². The summed E-state index contributed by atoms with van der Waals surface area (Å²) in [7, 11) is 0. The topological polar surface area (TPSA) is 118 Å². The van der Waals surface area contributed by atoms with Gasteiger partial charge in [0.05, 0.1) is 15.1 Å². The lowest BCUT2D eigenvalue weighted by atomic mass is 10.2. The van der Waals surface area contributed by atoms with Crippen LogP contribution in [0, 0.1) is 0 Å². The Morgan fingerprint density at radius 1 is 1.14 bits per heavy atom. The number of rotatable bonds is 7. The first-order valence-corrected chi connectivity index (χ1v) is 9.17. The highest BCUT2D eigenvalue weighted by molar-refractivity contribution is 7.20. The molecular weight excluding hydrogens is 382 g/mol. The van der Waals surface area contributed by atoms with Crippen LogP contribution in [0.2, 0.25) is 0 Å². The van der Waals surface area contributed by atoms with Crippen molar-refractivity contribution < 1.29 is 24.2 Å². The van der Waals surface area contributed by atoms with Crippen molar-refractivity contribution in [1.82, 2.24) is 15.6 Å². The van der Waals surface area contributed by atoms with Crippen molar-refractivity contribution in [2.45, 2.75) is 12.6 Å². The van der Waals surface area contributed by atoms with Gasteiger partial charge in [-0.3, -0.25) is 9.78 Å². The maximum atomic E-state index is 12.3. The molecule has 0 aliphatic rings. The van der Waals surface area contributed by atoms with Gasteiger partial charge in [0.1, 0.15) is 12.6 Å². The maximum absolute atomic E-state index is 12.3. The molecule has 1 aromatic carbocycles. The zero-order valence-electron chi connectivity index (χ0n) is 14.6. The van der Waals surface area contributed by atoms with E-state index < -0.39 is 24.0 Å². The third kappa shape index (κ3) is 5.04. The van der Waals surface area contributed by atoms with Crippen molar-refractivity contribution in [1.29, 1.82) is 0 Å². The number of carbonyl (C=O) groups excluding carboxylic acids is 2. The highest BCUT2D eigenvalue weighted by Crippen LogP contribution is 2.23. The van der Waals surface area contributed by atoms with E-state index >= 15 is 0 Å². The SMILES string of the molecule is O=C(N[C@H](CNC(=O)c1cc2ncccc2s1)C(=O)O)OCc1ccccc1. The summed E-state index contributed by atoms with van der Waals surface area (Å²) in [4.78, 5) is 40.1. The molecule has 0 saturated carbocycles. The summed E-state index contributed by atoms with van der Waals surface area (Å²) in [6.45, 7) is -0.267. The molecule has 3 N–H and O–H groups in total. The summed E-state index contributed by atoms with van der Waals surface area (Å²) in [6.07, 6.45) is 0.749. The van der Waals surface area contributed by atoms with E-state index in [1.807, 2.05) is 12.1 Å². The van der Waals surface area contributed by atoms with E-state index in [0.717, 1.165) is 10.3 Å². The average Bonchev–Trinajstić information content (AvgIpc) is 3.14. The summed E-state index contributed by atoms with van der Waals surface area (Å²) >= 11 is 1.25. The zero-order chi connectivity index (χ0) is 19.9. The summed E-state index contributed by atoms with van der Waals surface area (Å²) in [5.41, 5.74) is 1.46. The van der Waals surface area contributed by atoms with Gasteiger partial charge in [0.15, 0.2) is 0 Å². The second-order valence-corrected chi connectivity index (χ2v) is 6.89. The molecule has 9 heteroatoms. The van der Waals surface area contributed by atoms with Crippen molar-refractivity contribution in [2.75, 3.05) is 6.54 Å². The molecular formula is C19H17N3O5S. The van der Waals surface area contributed by atoms with Crippen molar-refractivity contribution in [3.05, 3.63) is 65.2 Å². The van der Waals surface area contributed by atoms with E-state index in [1.54, 1.807) is 42.6 Å². The molecule has 0 unspecified atom stereocenters. The number of hydrogen-bond donors (Lipinski definition) is 3. The van der Waals surface area contributed by atoms with E-state index in [0.29, 0.717) is 10.4 Å². The molecule has 0 fully saturated rings. The average molecular weight is 399 g/mol. The van der Waals surface area contributed by atoms with Gasteiger partial charge >= 0.3 is 12.1 Å². The number of aromatic nitrogens is 1. The standard InChI is InChI=1S/C19H17N3O5S/c23-17(16-9-13-15(28-16)7-4-8-20-13)21-10-14(18(24)25)22-19(26)27-11-12-5-2-1-3-6-12/h1-9,14H,10-11H2,(H,21,23)(H,22,26)(H,24,25)/t14-/m1/s1. The second-order valence-electron chi connectivity index (χ2n) is 5.80. The van der Waals surface area contributed by atoms with Gasteiger partial charge in [-0.1, -0.05) is 30.3 Å². The summed E-state index contributed by atoms with van der Waals surface area (Å²) in [6, 6.07) is 12.9. The van der Waals surface area contributed by atoms with Crippen LogP contribution in [0.4, 0.5) is 4.79 Å². The Kier molecular flexibility index (Phi) is 6.18. The second kappa shape index (κ2) is 8.96. The lowest BCUT2D eigenvalue weighted by Crippen LogP contribution is -2.48. The maximum Gasteiger partial charge on any atom is 0.408 e. The number of alkyl carbamates (subject to hydrolysis) is 1. The summed E-state index contributed by atoms with van der Waals surface area (Å²) in [5.74, 6) is -1.72. The number of nitrogens with one attached hydrogen (secondary N) is 2. The number of fused-ring (bicyclic) bond motifs is 1. The van der Waals surface area contributed by atoms with Crippen LogP contribution in [0.1, 0.15) is 15.2 Å².